The lowest BCUT2D eigenvalue weighted by atomic mass is 10.1. The van der Waals surface area contributed by atoms with Crippen molar-refractivity contribution in [3.63, 3.8) is 0 Å². The van der Waals surface area contributed by atoms with Gasteiger partial charge in [0, 0.05) is 23.3 Å². The van der Waals surface area contributed by atoms with Gasteiger partial charge >= 0.3 is 0 Å². The second-order valence-electron chi connectivity index (χ2n) is 6.64. The normalized spacial score (nSPS) is 12.0. The van der Waals surface area contributed by atoms with Crippen LogP contribution in [-0.2, 0) is 6.61 Å². The molecule has 0 spiro atoms. The first kappa shape index (κ1) is 21.3. The first-order valence-electron chi connectivity index (χ1n) is 9.77. The molecule has 0 amide bonds. The van der Waals surface area contributed by atoms with Crippen molar-refractivity contribution in [2.45, 2.75) is 19.6 Å². The van der Waals surface area contributed by atoms with Gasteiger partial charge < -0.3 is 24.4 Å². The molecule has 2 N–H and O–H groups in total. The van der Waals surface area contributed by atoms with E-state index in [0.29, 0.717) is 30.3 Å². The summed E-state index contributed by atoms with van der Waals surface area (Å²) in [4.78, 5) is 0. The number of benzene rings is 3. The largest absolute Gasteiger partial charge is 0.508 e. The molecule has 0 aliphatic carbocycles. The number of ether oxygens (including phenoxy) is 3. The molecule has 0 heterocycles. The Bertz CT molecular complexity index is 982. The van der Waals surface area contributed by atoms with Gasteiger partial charge in [-0.15, -0.1) is 0 Å². The minimum Gasteiger partial charge on any atom is -0.508 e. The van der Waals surface area contributed by atoms with E-state index in [0.717, 1.165) is 16.9 Å². The van der Waals surface area contributed by atoms with Crippen LogP contribution in [-0.4, -0.2) is 23.9 Å². The van der Waals surface area contributed by atoms with Gasteiger partial charge in [0.25, 0.3) is 0 Å². The third-order valence-corrected chi connectivity index (χ3v) is 4.53. The second-order valence-corrected chi connectivity index (χ2v) is 6.64. The van der Waals surface area contributed by atoms with E-state index < -0.39 is 6.10 Å². The highest BCUT2D eigenvalue weighted by Gasteiger charge is 2.13. The zero-order valence-electron chi connectivity index (χ0n) is 17.1. The highest BCUT2D eigenvalue weighted by atomic mass is 16.5. The van der Waals surface area contributed by atoms with Crippen molar-refractivity contribution in [2.75, 3.05) is 13.7 Å². The van der Waals surface area contributed by atoms with E-state index in [9.17, 15) is 10.2 Å². The van der Waals surface area contributed by atoms with Crippen LogP contribution in [0.5, 0.6) is 23.0 Å². The summed E-state index contributed by atoms with van der Waals surface area (Å²) in [7, 11) is 1.59. The summed E-state index contributed by atoms with van der Waals surface area (Å²) < 4.78 is 16.8. The van der Waals surface area contributed by atoms with Crippen LogP contribution in [0.15, 0.2) is 72.8 Å². The number of hydrogen-bond acceptors (Lipinski definition) is 5. The van der Waals surface area contributed by atoms with Crippen molar-refractivity contribution in [2.24, 2.45) is 0 Å². The van der Waals surface area contributed by atoms with E-state index in [1.165, 1.54) is 12.1 Å². The molecule has 0 radical (unpaired) electrons. The fraction of sp³-hybridized carbons (Fsp3) is 0.200. The van der Waals surface area contributed by atoms with Crippen LogP contribution in [0.4, 0.5) is 0 Å². The molecule has 0 aliphatic heterocycles. The molecule has 5 heteroatoms. The Morgan fingerprint density at radius 2 is 1.73 bits per heavy atom. The molecule has 5 nitrogen and oxygen atoms in total. The van der Waals surface area contributed by atoms with Crippen molar-refractivity contribution >= 4 is 6.08 Å². The van der Waals surface area contributed by atoms with Gasteiger partial charge in [-0.2, -0.15) is 0 Å². The molecule has 30 heavy (non-hydrogen) atoms. The highest BCUT2D eigenvalue weighted by Crippen LogP contribution is 2.32. The lowest BCUT2D eigenvalue weighted by molar-refractivity contribution is 0.217. The Balaban J connectivity index is 1.78. The van der Waals surface area contributed by atoms with Crippen LogP contribution in [0.2, 0.25) is 0 Å². The maximum Gasteiger partial charge on any atom is 0.129 e. The molecule has 0 aromatic heterocycles. The fourth-order valence-corrected chi connectivity index (χ4v) is 3.01. The summed E-state index contributed by atoms with van der Waals surface area (Å²) >= 11 is 0. The molecule has 3 rings (SSSR count). The van der Waals surface area contributed by atoms with Gasteiger partial charge in [0.2, 0.25) is 0 Å². The average molecular weight is 406 g/mol. The minimum atomic E-state index is -0.923. The van der Waals surface area contributed by atoms with Crippen LogP contribution in [0.1, 0.15) is 29.7 Å². The van der Waals surface area contributed by atoms with E-state index in [4.69, 9.17) is 14.2 Å². The number of phenolic OH excluding ortho intramolecular Hbond substituents is 1. The quantitative estimate of drug-likeness (QED) is 0.516. The van der Waals surface area contributed by atoms with Crippen LogP contribution >= 0.6 is 0 Å². The maximum atomic E-state index is 10.7. The van der Waals surface area contributed by atoms with E-state index in [2.05, 4.69) is 0 Å². The number of hydrogen-bond donors (Lipinski definition) is 2. The summed E-state index contributed by atoms with van der Waals surface area (Å²) in [5, 5.41) is 20.6. The molecule has 0 saturated carbocycles. The van der Waals surface area contributed by atoms with Gasteiger partial charge in [0.15, 0.2) is 0 Å². The number of rotatable bonds is 9. The SMILES string of the molecule is CCOc1ccc(C=CC(O)c2ccc(O)cc2OCc2ccccc2)c(OC)c1. The van der Waals surface area contributed by atoms with Gasteiger partial charge in [-0.25, -0.2) is 0 Å². The van der Waals surface area contributed by atoms with Crippen molar-refractivity contribution in [1.29, 1.82) is 0 Å². The average Bonchev–Trinajstić information content (AvgIpc) is 2.77. The van der Waals surface area contributed by atoms with Crippen LogP contribution < -0.4 is 14.2 Å². The molecule has 0 fully saturated rings. The lowest BCUT2D eigenvalue weighted by Gasteiger charge is -2.15. The summed E-state index contributed by atoms with van der Waals surface area (Å²) in [6.45, 7) is 2.83. The molecular weight excluding hydrogens is 380 g/mol. The van der Waals surface area contributed by atoms with E-state index >= 15 is 0 Å². The number of aromatic hydroxyl groups is 1. The Hall–Kier alpha value is -3.44. The minimum absolute atomic E-state index is 0.0752. The van der Waals surface area contributed by atoms with Crippen molar-refractivity contribution in [3.05, 3.63) is 89.5 Å². The molecule has 1 atom stereocenters. The van der Waals surface area contributed by atoms with Crippen LogP contribution in [0, 0.1) is 0 Å². The standard InChI is InChI=1S/C25H26O5/c1-3-29-21-12-9-19(24(16-21)28-2)10-14-23(27)22-13-11-20(26)15-25(22)30-17-18-7-5-4-6-8-18/h4-16,23,26-27H,3,17H2,1-2H3. The summed E-state index contributed by atoms with van der Waals surface area (Å²) in [5.74, 6) is 1.87. The highest BCUT2D eigenvalue weighted by molar-refractivity contribution is 5.60. The zero-order chi connectivity index (χ0) is 21.3. The van der Waals surface area contributed by atoms with Crippen LogP contribution in [0.25, 0.3) is 6.08 Å². The first-order valence-corrected chi connectivity index (χ1v) is 9.77. The van der Waals surface area contributed by atoms with Crippen LogP contribution in [0.3, 0.4) is 0 Å². The molecule has 156 valence electrons. The summed E-state index contributed by atoms with van der Waals surface area (Å²) in [6.07, 6.45) is 2.51. The number of phenols is 1. The molecule has 0 aliphatic rings. The molecule has 3 aromatic rings. The van der Waals surface area contributed by atoms with Gasteiger partial charge in [-0.05, 0) is 36.8 Å². The number of aliphatic hydroxyl groups excluding tert-OH is 1. The van der Waals surface area contributed by atoms with E-state index in [1.807, 2.05) is 55.5 Å². The molecule has 1 unspecified atom stereocenters. The predicted octanol–water partition coefficient (Wildman–Crippen LogP) is 5.13. The molecule has 3 aromatic carbocycles. The topological polar surface area (TPSA) is 68.2 Å². The van der Waals surface area contributed by atoms with E-state index in [-0.39, 0.29) is 5.75 Å². The third-order valence-electron chi connectivity index (χ3n) is 4.53. The summed E-state index contributed by atoms with van der Waals surface area (Å²) in [5.41, 5.74) is 2.37. The first-order chi connectivity index (χ1) is 14.6. The molecule has 0 bridgehead atoms. The Morgan fingerprint density at radius 1 is 0.933 bits per heavy atom. The number of methoxy groups -OCH3 is 1. The lowest BCUT2D eigenvalue weighted by Crippen LogP contribution is -2.01. The zero-order valence-corrected chi connectivity index (χ0v) is 17.1. The molecule has 0 saturated heterocycles. The second kappa shape index (κ2) is 10.4. The van der Waals surface area contributed by atoms with Crippen molar-refractivity contribution in [1.82, 2.24) is 0 Å². The van der Waals surface area contributed by atoms with Gasteiger partial charge in [0.1, 0.15) is 35.7 Å². The third kappa shape index (κ3) is 5.55. The van der Waals surface area contributed by atoms with Crippen molar-refractivity contribution < 1.29 is 24.4 Å². The van der Waals surface area contributed by atoms with Gasteiger partial charge in [-0.1, -0.05) is 42.5 Å². The van der Waals surface area contributed by atoms with E-state index in [1.54, 1.807) is 25.3 Å². The smallest absolute Gasteiger partial charge is 0.129 e. The van der Waals surface area contributed by atoms with Gasteiger partial charge in [-0.3, -0.25) is 0 Å². The fourth-order valence-electron chi connectivity index (χ4n) is 3.01. The monoisotopic (exact) mass is 406 g/mol. The Morgan fingerprint density at radius 3 is 2.47 bits per heavy atom. The summed E-state index contributed by atoms with van der Waals surface area (Å²) in [6, 6.07) is 19.9. The Labute approximate surface area is 176 Å². The Kier molecular flexibility index (Phi) is 7.35. The van der Waals surface area contributed by atoms with Gasteiger partial charge in [0.05, 0.1) is 13.7 Å². The number of aliphatic hydroxyl groups is 1. The maximum absolute atomic E-state index is 10.7. The molecular formula is C25H26O5. The predicted molar refractivity (Wildman–Crippen MR) is 117 cm³/mol. The van der Waals surface area contributed by atoms with Crippen molar-refractivity contribution in [3.8, 4) is 23.0 Å².